The van der Waals surface area contributed by atoms with Gasteiger partial charge in [0, 0.05) is 6.07 Å². The van der Waals surface area contributed by atoms with Crippen LogP contribution in [-0.4, -0.2) is 38.7 Å². The lowest BCUT2D eigenvalue weighted by Gasteiger charge is -2.19. The monoisotopic (exact) mass is 276 g/mol. The third-order valence-electron chi connectivity index (χ3n) is 3.31. The van der Waals surface area contributed by atoms with E-state index < -0.39 is 0 Å². The van der Waals surface area contributed by atoms with Crippen LogP contribution in [0.4, 0.5) is 10.9 Å². The zero-order chi connectivity index (χ0) is 13.2. The lowest BCUT2D eigenvalue weighted by atomic mass is 10.1. The van der Waals surface area contributed by atoms with Gasteiger partial charge in [-0.1, -0.05) is 11.3 Å². The SMILES string of the molecule is Cc1nc(Nc2nncs2)cc([C@@H]2CCCN2C)n1. The van der Waals surface area contributed by atoms with Crippen molar-refractivity contribution >= 4 is 22.3 Å². The Bertz CT molecular complexity index is 555. The molecule has 0 amide bonds. The van der Waals surface area contributed by atoms with Gasteiger partial charge in [-0.25, -0.2) is 9.97 Å². The summed E-state index contributed by atoms with van der Waals surface area (Å²) < 4.78 is 0. The van der Waals surface area contributed by atoms with Crippen molar-refractivity contribution in [2.24, 2.45) is 0 Å². The van der Waals surface area contributed by atoms with Crippen LogP contribution in [0.5, 0.6) is 0 Å². The van der Waals surface area contributed by atoms with Crippen molar-refractivity contribution in [2.45, 2.75) is 25.8 Å². The zero-order valence-electron chi connectivity index (χ0n) is 11.0. The van der Waals surface area contributed by atoms with E-state index in [1.807, 2.05) is 13.0 Å². The first-order valence-electron chi connectivity index (χ1n) is 6.31. The molecular formula is C12H16N6S. The maximum atomic E-state index is 4.57. The number of nitrogens with zero attached hydrogens (tertiary/aromatic N) is 5. The van der Waals surface area contributed by atoms with Gasteiger partial charge in [-0.2, -0.15) is 0 Å². The molecule has 1 aliphatic heterocycles. The van der Waals surface area contributed by atoms with Crippen molar-refractivity contribution in [1.29, 1.82) is 0 Å². The van der Waals surface area contributed by atoms with Gasteiger partial charge in [0.05, 0.1) is 11.7 Å². The average molecular weight is 276 g/mol. The number of rotatable bonds is 3. The molecular weight excluding hydrogens is 260 g/mol. The lowest BCUT2D eigenvalue weighted by molar-refractivity contribution is 0.311. The molecule has 1 N–H and O–H groups in total. The Hall–Kier alpha value is -1.60. The molecule has 3 rings (SSSR count). The van der Waals surface area contributed by atoms with Crippen LogP contribution >= 0.6 is 11.3 Å². The van der Waals surface area contributed by atoms with E-state index in [-0.39, 0.29) is 0 Å². The van der Waals surface area contributed by atoms with Gasteiger partial charge < -0.3 is 5.32 Å². The van der Waals surface area contributed by atoms with E-state index in [1.165, 1.54) is 17.8 Å². The summed E-state index contributed by atoms with van der Waals surface area (Å²) in [5, 5.41) is 11.7. The highest BCUT2D eigenvalue weighted by Gasteiger charge is 2.24. The molecule has 1 atom stereocenters. The van der Waals surface area contributed by atoms with E-state index in [2.05, 4.69) is 37.4 Å². The third kappa shape index (κ3) is 2.71. The fraction of sp³-hybridized carbons (Fsp3) is 0.500. The van der Waals surface area contributed by atoms with Gasteiger partial charge in [0.25, 0.3) is 0 Å². The summed E-state index contributed by atoms with van der Waals surface area (Å²) in [4.78, 5) is 11.3. The molecule has 100 valence electrons. The van der Waals surface area contributed by atoms with Crippen molar-refractivity contribution in [3.8, 4) is 0 Å². The minimum absolute atomic E-state index is 0.400. The number of aromatic nitrogens is 4. The van der Waals surface area contributed by atoms with Crippen LogP contribution in [0.3, 0.4) is 0 Å². The smallest absolute Gasteiger partial charge is 0.210 e. The number of nitrogens with one attached hydrogen (secondary N) is 1. The molecule has 0 spiro atoms. The van der Waals surface area contributed by atoms with Crippen LogP contribution in [0.25, 0.3) is 0 Å². The first-order valence-corrected chi connectivity index (χ1v) is 7.19. The van der Waals surface area contributed by atoms with Gasteiger partial charge in [0.2, 0.25) is 5.13 Å². The molecule has 0 radical (unpaired) electrons. The molecule has 0 unspecified atom stereocenters. The topological polar surface area (TPSA) is 66.8 Å². The molecule has 0 aliphatic carbocycles. The van der Waals surface area contributed by atoms with Crippen LogP contribution in [0.1, 0.15) is 30.4 Å². The molecule has 1 saturated heterocycles. The lowest BCUT2D eigenvalue weighted by Crippen LogP contribution is -2.19. The van der Waals surface area contributed by atoms with E-state index in [0.717, 1.165) is 35.4 Å². The summed E-state index contributed by atoms with van der Waals surface area (Å²) in [7, 11) is 2.15. The average Bonchev–Trinajstić information content (AvgIpc) is 2.99. The second-order valence-corrected chi connectivity index (χ2v) is 5.57. The molecule has 2 aromatic rings. The zero-order valence-corrected chi connectivity index (χ0v) is 11.8. The number of aryl methyl sites for hydroxylation is 1. The fourth-order valence-electron chi connectivity index (χ4n) is 2.45. The standard InChI is InChI=1S/C12H16N6S/c1-8-14-9(10-4-3-5-18(10)2)6-11(15-8)16-12-17-13-7-19-12/h6-7,10H,3-5H2,1-2H3,(H,14,15,16,17)/t10-/m0/s1. The van der Waals surface area contributed by atoms with Crippen molar-refractivity contribution in [1.82, 2.24) is 25.1 Å². The Kier molecular flexibility index (Phi) is 3.39. The van der Waals surface area contributed by atoms with Gasteiger partial charge >= 0.3 is 0 Å². The molecule has 3 heterocycles. The Morgan fingerprint density at radius 3 is 3.00 bits per heavy atom. The fourth-order valence-corrected chi connectivity index (χ4v) is 2.90. The molecule has 0 saturated carbocycles. The van der Waals surface area contributed by atoms with Crippen molar-refractivity contribution in [3.05, 3.63) is 23.1 Å². The van der Waals surface area contributed by atoms with E-state index in [4.69, 9.17) is 0 Å². The van der Waals surface area contributed by atoms with Crippen molar-refractivity contribution in [2.75, 3.05) is 18.9 Å². The first kappa shape index (κ1) is 12.4. The highest BCUT2D eigenvalue weighted by Crippen LogP contribution is 2.30. The first-order chi connectivity index (χ1) is 9.22. The minimum atomic E-state index is 0.400. The molecule has 0 bridgehead atoms. The van der Waals surface area contributed by atoms with Crippen LogP contribution in [0.2, 0.25) is 0 Å². The molecule has 1 fully saturated rings. The molecule has 7 heteroatoms. The highest BCUT2D eigenvalue weighted by molar-refractivity contribution is 7.13. The molecule has 1 aliphatic rings. The highest BCUT2D eigenvalue weighted by atomic mass is 32.1. The van der Waals surface area contributed by atoms with Gasteiger partial charge in [-0.05, 0) is 33.4 Å². The molecule has 0 aromatic carbocycles. The second-order valence-electron chi connectivity index (χ2n) is 4.73. The van der Waals surface area contributed by atoms with Gasteiger partial charge in [0.1, 0.15) is 17.2 Å². The summed E-state index contributed by atoms with van der Waals surface area (Å²) in [6.07, 6.45) is 2.38. The van der Waals surface area contributed by atoms with E-state index >= 15 is 0 Å². The van der Waals surface area contributed by atoms with Crippen LogP contribution in [-0.2, 0) is 0 Å². The Morgan fingerprint density at radius 1 is 1.42 bits per heavy atom. The largest absolute Gasteiger partial charge is 0.315 e. The predicted molar refractivity (Wildman–Crippen MR) is 74.6 cm³/mol. The van der Waals surface area contributed by atoms with E-state index in [9.17, 15) is 0 Å². The Morgan fingerprint density at radius 2 is 2.32 bits per heavy atom. The van der Waals surface area contributed by atoms with Crippen LogP contribution < -0.4 is 5.32 Å². The number of hydrogen-bond acceptors (Lipinski definition) is 7. The van der Waals surface area contributed by atoms with Gasteiger partial charge in [-0.3, -0.25) is 4.90 Å². The maximum Gasteiger partial charge on any atom is 0.210 e. The number of anilines is 2. The molecule has 6 nitrogen and oxygen atoms in total. The summed E-state index contributed by atoms with van der Waals surface area (Å²) in [6, 6.07) is 2.41. The summed E-state index contributed by atoms with van der Waals surface area (Å²) in [6.45, 7) is 3.05. The summed E-state index contributed by atoms with van der Waals surface area (Å²) >= 11 is 1.46. The summed E-state index contributed by atoms with van der Waals surface area (Å²) in [5.74, 6) is 1.57. The Labute approximate surface area is 115 Å². The van der Waals surface area contributed by atoms with Crippen LogP contribution in [0.15, 0.2) is 11.6 Å². The summed E-state index contributed by atoms with van der Waals surface area (Å²) in [5.41, 5.74) is 2.78. The molecule has 19 heavy (non-hydrogen) atoms. The van der Waals surface area contributed by atoms with Crippen molar-refractivity contribution < 1.29 is 0 Å². The van der Waals surface area contributed by atoms with Gasteiger partial charge in [-0.15, -0.1) is 10.2 Å². The van der Waals surface area contributed by atoms with Crippen LogP contribution in [0, 0.1) is 6.92 Å². The van der Waals surface area contributed by atoms with E-state index in [0.29, 0.717) is 6.04 Å². The minimum Gasteiger partial charge on any atom is -0.315 e. The van der Waals surface area contributed by atoms with Gasteiger partial charge in [0.15, 0.2) is 0 Å². The normalized spacial score (nSPS) is 19.8. The number of hydrogen-bond donors (Lipinski definition) is 1. The second kappa shape index (κ2) is 5.18. The predicted octanol–water partition coefficient (Wildman–Crippen LogP) is 2.15. The van der Waals surface area contributed by atoms with Crippen molar-refractivity contribution in [3.63, 3.8) is 0 Å². The molecule has 2 aromatic heterocycles. The van der Waals surface area contributed by atoms with E-state index in [1.54, 1.807) is 5.51 Å². The number of likely N-dealkylation sites (tertiary alicyclic amines) is 1. The quantitative estimate of drug-likeness (QED) is 0.926. The third-order valence-corrected chi connectivity index (χ3v) is 3.92. The Balaban J connectivity index is 1.87. The maximum absolute atomic E-state index is 4.57.